The molecule has 0 aliphatic heterocycles. The molecule has 0 aliphatic rings. The van der Waals surface area contributed by atoms with E-state index < -0.39 is 40.4 Å². The molecule has 0 saturated heterocycles. The summed E-state index contributed by atoms with van der Waals surface area (Å²) in [5.74, 6) is -2.72. The van der Waals surface area contributed by atoms with Crippen LogP contribution < -0.4 is 5.73 Å². The van der Waals surface area contributed by atoms with E-state index in [1.54, 1.807) is 0 Å². The molecular weight excluding hydrogens is 266 g/mol. The molecule has 0 atom stereocenters. The maximum atomic E-state index is 13.5. The first-order chi connectivity index (χ1) is 8.43. The van der Waals surface area contributed by atoms with Gasteiger partial charge in [0.25, 0.3) is 0 Å². The van der Waals surface area contributed by atoms with Gasteiger partial charge in [0, 0.05) is 5.69 Å². The number of carbonyl (C=O) groups excluding carboxylic acids is 1. The Hall–Kier alpha value is -1.79. The van der Waals surface area contributed by atoms with E-state index in [9.17, 15) is 22.4 Å². The van der Waals surface area contributed by atoms with Crippen molar-refractivity contribution in [1.82, 2.24) is 0 Å². The van der Waals surface area contributed by atoms with Crippen LogP contribution in [0.2, 0.25) is 0 Å². The number of ether oxygens (including phenoxy) is 1. The number of esters is 1. The highest BCUT2D eigenvalue weighted by Gasteiger charge is 2.40. The van der Waals surface area contributed by atoms with Gasteiger partial charge in [-0.15, -0.1) is 0 Å². The first-order valence-corrected chi connectivity index (χ1v) is 5.32. The second-order valence-corrected chi connectivity index (χ2v) is 4.89. The van der Waals surface area contributed by atoms with Crippen LogP contribution >= 0.6 is 0 Å². The molecule has 0 amide bonds. The van der Waals surface area contributed by atoms with Gasteiger partial charge in [-0.3, -0.25) is 0 Å². The third-order valence-corrected chi connectivity index (χ3v) is 2.07. The second-order valence-electron chi connectivity index (χ2n) is 4.89. The smallest absolute Gasteiger partial charge is 0.419 e. The summed E-state index contributed by atoms with van der Waals surface area (Å²) in [7, 11) is 0. The lowest BCUT2D eigenvalue weighted by molar-refractivity contribution is -0.137. The minimum atomic E-state index is -4.95. The van der Waals surface area contributed by atoms with Crippen molar-refractivity contribution in [3.05, 3.63) is 29.1 Å². The van der Waals surface area contributed by atoms with Gasteiger partial charge in [-0.1, -0.05) is 0 Å². The summed E-state index contributed by atoms with van der Waals surface area (Å²) in [5.41, 5.74) is 0.707. The van der Waals surface area contributed by atoms with E-state index in [4.69, 9.17) is 10.5 Å². The molecule has 0 spiro atoms. The summed E-state index contributed by atoms with van der Waals surface area (Å²) in [5, 5.41) is 0. The summed E-state index contributed by atoms with van der Waals surface area (Å²) in [6, 6.07) is 1.45. The monoisotopic (exact) mass is 279 g/mol. The van der Waals surface area contributed by atoms with Gasteiger partial charge in [0.15, 0.2) is 0 Å². The zero-order valence-corrected chi connectivity index (χ0v) is 10.6. The van der Waals surface area contributed by atoms with Gasteiger partial charge >= 0.3 is 12.1 Å². The minimum Gasteiger partial charge on any atom is -0.456 e. The Labute approximate surface area is 107 Å². The molecule has 19 heavy (non-hydrogen) atoms. The quantitative estimate of drug-likeness (QED) is 0.487. The Bertz CT molecular complexity index is 504. The first kappa shape index (κ1) is 15.3. The van der Waals surface area contributed by atoms with Crippen molar-refractivity contribution in [1.29, 1.82) is 0 Å². The third kappa shape index (κ3) is 3.59. The van der Waals surface area contributed by atoms with Crippen molar-refractivity contribution in [3.8, 4) is 0 Å². The van der Waals surface area contributed by atoms with E-state index in [2.05, 4.69) is 0 Å². The van der Waals surface area contributed by atoms with Crippen LogP contribution in [0.5, 0.6) is 0 Å². The van der Waals surface area contributed by atoms with E-state index in [-0.39, 0.29) is 0 Å². The number of nitrogens with two attached hydrogens (primary N) is 1. The molecule has 0 aliphatic carbocycles. The first-order valence-electron chi connectivity index (χ1n) is 5.32. The highest BCUT2D eigenvalue weighted by atomic mass is 19.4. The molecule has 0 unspecified atom stereocenters. The zero-order valence-electron chi connectivity index (χ0n) is 10.6. The van der Waals surface area contributed by atoms with Gasteiger partial charge in [-0.2, -0.15) is 13.2 Å². The van der Waals surface area contributed by atoms with Crippen molar-refractivity contribution < 1.29 is 27.1 Å². The van der Waals surface area contributed by atoms with Crippen LogP contribution in [-0.4, -0.2) is 11.6 Å². The Morgan fingerprint density at radius 2 is 1.74 bits per heavy atom. The minimum absolute atomic E-state index is 0.698. The van der Waals surface area contributed by atoms with Crippen LogP contribution in [0.1, 0.15) is 36.7 Å². The molecule has 0 saturated carbocycles. The molecule has 3 nitrogen and oxygen atoms in total. The van der Waals surface area contributed by atoms with Crippen LogP contribution in [0.3, 0.4) is 0 Å². The van der Waals surface area contributed by atoms with Crippen molar-refractivity contribution in [3.63, 3.8) is 0 Å². The molecule has 106 valence electrons. The van der Waals surface area contributed by atoms with Gasteiger partial charge in [-0.25, -0.2) is 9.18 Å². The normalized spacial score (nSPS) is 12.4. The Balaban J connectivity index is 3.42. The Kier molecular flexibility index (Phi) is 3.79. The van der Waals surface area contributed by atoms with Gasteiger partial charge in [-0.05, 0) is 32.9 Å². The highest BCUT2D eigenvalue weighted by Crippen LogP contribution is 2.37. The summed E-state index contributed by atoms with van der Waals surface area (Å²) in [4.78, 5) is 11.7. The topological polar surface area (TPSA) is 52.3 Å². The molecule has 1 rings (SSSR count). The van der Waals surface area contributed by atoms with Crippen LogP contribution in [0.15, 0.2) is 12.1 Å². The predicted octanol–water partition coefficient (Wildman–Crippen LogP) is 3.38. The number of hydrogen-bond acceptors (Lipinski definition) is 3. The number of hydrogen-bond donors (Lipinski definition) is 1. The number of alkyl halides is 3. The van der Waals surface area contributed by atoms with Gasteiger partial charge in [0.05, 0.1) is 5.56 Å². The molecular formula is C12H13F4NO2. The molecule has 1 aromatic carbocycles. The molecule has 1 aromatic rings. The number of rotatable bonds is 1. The molecule has 2 N–H and O–H groups in total. The Morgan fingerprint density at radius 3 is 2.16 bits per heavy atom. The average Bonchev–Trinajstić information content (AvgIpc) is 2.16. The van der Waals surface area contributed by atoms with Gasteiger partial charge in [0.2, 0.25) is 0 Å². The molecule has 0 fully saturated rings. The molecule has 0 heterocycles. The molecule has 0 radical (unpaired) electrons. The average molecular weight is 279 g/mol. The van der Waals surface area contributed by atoms with E-state index in [1.165, 1.54) is 20.8 Å². The largest absolute Gasteiger partial charge is 0.456 e. The number of halogens is 4. The molecule has 0 aromatic heterocycles. The highest BCUT2D eigenvalue weighted by molar-refractivity contribution is 5.93. The standard InChI is InChI=1S/C12H13F4NO2/c1-11(2,3)19-10(18)8-6(13)4-5-7(17)9(8)12(14,15)16/h4-5H,17H2,1-3H3. The molecule has 0 bridgehead atoms. The molecule has 7 heteroatoms. The van der Waals surface area contributed by atoms with Crippen molar-refractivity contribution >= 4 is 11.7 Å². The SMILES string of the molecule is CC(C)(C)OC(=O)c1c(F)ccc(N)c1C(F)(F)F. The summed E-state index contributed by atoms with van der Waals surface area (Å²) in [6.45, 7) is 4.38. The lowest BCUT2D eigenvalue weighted by Crippen LogP contribution is -2.27. The number of anilines is 1. The van der Waals surface area contributed by atoms with Gasteiger partial charge < -0.3 is 10.5 Å². The van der Waals surface area contributed by atoms with E-state index >= 15 is 0 Å². The fraction of sp³-hybridized carbons (Fsp3) is 0.417. The van der Waals surface area contributed by atoms with Crippen LogP contribution in [0.25, 0.3) is 0 Å². The van der Waals surface area contributed by atoms with Crippen molar-refractivity contribution in [2.45, 2.75) is 32.5 Å². The fourth-order valence-electron chi connectivity index (χ4n) is 1.43. The van der Waals surface area contributed by atoms with Crippen molar-refractivity contribution in [2.75, 3.05) is 5.73 Å². The second kappa shape index (κ2) is 4.71. The van der Waals surface area contributed by atoms with Crippen molar-refractivity contribution in [2.24, 2.45) is 0 Å². The lowest BCUT2D eigenvalue weighted by Gasteiger charge is -2.22. The number of benzene rings is 1. The van der Waals surface area contributed by atoms with E-state index in [0.717, 1.165) is 6.07 Å². The fourth-order valence-corrected chi connectivity index (χ4v) is 1.43. The summed E-state index contributed by atoms with van der Waals surface area (Å²) >= 11 is 0. The maximum absolute atomic E-state index is 13.5. The maximum Gasteiger partial charge on any atom is 0.419 e. The van der Waals surface area contributed by atoms with Crippen LogP contribution in [0.4, 0.5) is 23.2 Å². The summed E-state index contributed by atoms with van der Waals surface area (Å²) in [6.07, 6.45) is -4.95. The Morgan fingerprint density at radius 1 is 1.21 bits per heavy atom. The lowest BCUT2D eigenvalue weighted by atomic mass is 10.0. The third-order valence-electron chi connectivity index (χ3n) is 2.07. The number of nitrogen functional groups attached to an aromatic ring is 1. The zero-order chi connectivity index (χ0) is 15.0. The van der Waals surface area contributed by atoms with Crippen LogP contribution in [-0.2, 0) is 10.9 Å². The van der Waals surface area contributed by atoms with Crippen LogP contribution in [0, 0.1) is 5.82 Å². The number of carbonyl (C=O) groups is 1. The summed E-state index contributed by atoms with van der Waals surface area (Å²) < 4.78 is 56.8. The van der Waals surface area contributed by atoms with E-state index in [1.807, 2.05) is 0 Å². The van der Waals surface area contributed by atoms with Gasteiger partial charge in [0.1, 0.15) is 17.0 Å². The van der Waals surface area contributed by atoms with E-state index in [0.29, 0.717) is 6.07 Å². The predicted molar refractivity (Wildman–Crippen MR) is 61.0 cm³/mol.